The predicted octanol–water partition coefficient (Wildman–Crippen LogP) is 5.80. The molecule has 29 heavy (non-hydrogen) atoms. The molecule has 1 spiro atoms. The molecule has 3 nitrogen and oxygen atoms in total. The molecule has 1 saturated carbocycles. The maximum absolute atomic E-state index is 13.7. The number of halogens is 2. The molecule has 0 aromatic carbocycles. The SMILES string of the molecule is CC#Cc1cncc(-c2csc(C3(C)CC4(CCC(F)(F)CC4)SC(N)=N3)c2)c1. The lowest BCUT2D eigenvalue weighted by Gasteiger charge is -2.46. The number of hydrogen-bond donors (Lipinski definition) is 1. The van der Waals surface area contributed by atoms with Crippen LogP contribution < -0.4 is 5.73 Å². The molecule has 1 unspecified atom stereocenters. The number of nitrogens with zero attached hydrogens (tertiary/aromatic N) is 2. The van der Waals surface area contributed by atoms with Crippen molar-refractivity contribution in [3.8, 4) is 23.0 Å². The van der Waals surface area contributed by atoms with Gasteiger partial charge in [0.1, 0.15) is 0 Å². The number of hydrogen-bond acceptors (Lipinski definition) is 5. The van der Waals surface area contributed by atoms with Gasteiger partial charge in [-0.05, 0) is 56.2 Å². The zero-order valence-electron chi connectivity index (χ0n) is 16.5. The molecular formula is C22H23F2N3S2. The summed E-state index contributed by atoms with van der Waals surface area (Å²) in [7, 11) is 0. The van der Waals surface area contributed by atoms with Crippen LogP contribution in [0.15, 0.2) is 34.9 Å². The Bertz CT molecular complexity index is 1010. The van der Waals surface area contributed by atoms with E-state index < -0.39 is 11.5 Å². The molecule has 2 aliphatic rings. The molecule has 2 aromatic heterocycles. The van der Waals surface area contributed by atoms with Gasteiger partial charge in [0.25, 0.3) is 0 Å². The molecule has 152 valence electrons. The first-order valence-electron chi connectivity index (χ1n) is 9.62. The number of thioether (sulfide) groups is 1. The van der Waals surface area contributed by atoms with Gasteiger partial charge in [-0.2, -0.15) is 0 Å². The van der Waals surface area contributed by atoms with Crippen LogP contribution in [0.4, 0.5) is 8.78 Å². The molecule has 1 aliphatic heterocycles. The normalized spacial score (nSPS) is 25.2. The topological polar surface area (TPSA) is 51.3 Å². The van der Waals surface area contributed by atoms with Gasteiger partial charge >= 0.3 is 0 Å². The van der Waals surface area contributed by atoms with Gasteiger partial charge in [-0.3, -0.25) is 9.98 Å². The largest absolute Gasteiger partial charge is 0.378 e. The van der Waals surface area contributed by atoms with Crippen molar-refractivity contribution < 1.29 is 8.78 Å². The van der Waals surface area contributed by atoms with E-state index in [1.807, 2.05) is 12.3 Å². The Morgan fingerprint density at radius 2 is 1.86 bits per heavy atom. The molecule has 0 amide bonds. The first-order valence-corrected chi connectivity index (χ1v) is 11.3. The zero-order chi connectivity index (χ0) is 20.7. The summed E-state index contributed by atoms with van der Waals surface area (Å²) in [6.07, 6.45) is 5.09. The van der Waals surface area contributed by atoms with Gasteiger partial charge in [0, 0.05) is 46.0 Å². The lowest BCUT2D eigenvalue weighted by atomic mass is 9.77. The monoisotopic (exact) mass is 431 g/mol. The lowest BCUT2D eigenvalue weighted by molar-refractivity contribution is -0.0433. The van der Waals surface area contributed by atoms with Gasteiger partial charge in [0.05, 0.1) is 5.54 Å². The third kappa shape index (κ3) is 4.19. The van der Waals surface area contributed by atoms with Crippen LogP contribution >= 0.6 is 23.1 Å². The average molecular weight is 432 g/mol. The molecule has 2 aromatic rings. The highest BCUT2D eigenvalue weighted by atomic mass is 32.2. The van der Waals surface area contributed by atoms with Crippen molar-refractivity contribution in [3.63, 3.8) is 0 Å². The third-order valence-corrected chi connectivity index (χ3v) is 8.18. The number of aromatic nitrogens is 1. The Hall–Kier alpha value is -1.91. The summed E-state index contributed by atoms with van der Waals surface area (Å²) < 4.78 is 27.2. The Morgan fingerprint density at radius 1 is 1.10 bits per heavy atom. The van der Waals surface area contributed by atoms with Crippen molar-refractivity contribution in [3.05, 3.63) is 40.3 Å². The van der Waals surface area contributed by atoms with Crippen molar-refractivity contribution in [1.82, 2.24) is 4.98 Å². The number of thiophene rings is 1. The van der Waals surface area contributed by atoms with Gasteiger partial charge in [-0.25, -0.2) is 8.78 Å². The summed E-state index contributed by atoms with van der Waals surface area (Å²) >= 11 is 3.13. The fraction of sp³-hybridized carbons (Fsp3) is 0.455. The second kappa shape index (κ2) is 7.41. The van der Waals surface area contributed by atoms with Gasteiger partial charge in [0.2, 0.25) is 5.92 Å². The van der Waals surface area contributed by atoms with Crippen molar-refractivity contribution in [2.24, 2.45) is 10.7 Å². The number of alkyl halides is 2. The number of nitrogens with two attached hydrogens (primary N) is 1. The summed E-state index contributed by atoms with van der Waals surface area (Å²) in [5, 5.41) is 2.59. The van der Waals surface area contributed by atoms with Crippen molar-refractivity contribution >= 4 is 28.3 Å². The van der Waals surface area contributed by atoms with Crippen LogP contribution in [0.25, 0.3) is 11.1 Å². The number of aliphatic imine (C=N–C) groups is 1. The molecule has 0 bridgehead atoms. The number of pyridine rings is 1. The fourth-order valence-corrected chi connectivity index (χ4v) is 6.74. The minimum Gasteiger partial charge on any atom is -0.378 e. The molecule has 0 radical (unpaired) electrons. The van der Waals surface area contributed by atoms with Crippen LogP contribution in [-0.2, 0) is 5.54 Å². The Morgan fingerprint density at radius 3 is 2.59 bits per heavy atom. The summed E-state index contributed by atoms with van der Waals surface area (Å²) in [4.78, 5) is 10.2. The minimum atomic E-state index is -2.55. The van der Waals surface area contributed by atoms with Crippen LogP contribution in [-0.4, -0.2) is 20.8 Å². The van der Waals surface area contributed by atoms with Gasteiger partial charge < -0.3 is 5.73 Å². The maximum Gasteiger partial charge on any atom is 0.248 e. The smallest absolute Gasteiger partial charge is 0.248 e. The predicted molar refractivity (Wildman–Crippen MR) is 117 cm³/mol. The van der Waals surface area contributed by atoms with E-state index in [-0.39, 0.29) is 17.6 Å². The molecule has 4 rings (SSSR count). The Labute approximate surface area is 178 Å². The van der Waals surface area contributed by atoms with Crippen LogP contribution in [0.5, 0.6) is 0 Å². The quantitative estimate of drug-likeness (QED) is 0.612. The van der Waals surface area contributed by atoms with Crippen LogP contribution in [0.1, 0.15) is 56.4 Å². The standard InChI is InChI=1S/C22H23F2N3S2/c1-3-4-15-9-16(12-26-11-15)17-10-18(28-13-17)20(2)14-21(29-19(25)27-20)5-7-22(23,24)8-6-21/h9-13H,5-8,14H2,1-2H3,(H2,25,27). The highest BCUT2D eigenvalue weighted by molar-refractivity contribution is 8.15. The van der Waals surface area contributed by atoms with E-state index in [0.29, 0.717) is 18.0 Å². The number of rotatable bonds is 2. The summed E-state index contributed by atoms with van der Waals surface area (Å²) in [5.41, 5.74) is 8.64. The lowest BCUT2D eigenvalue weighted by Crippen LogP contribution is -2.45. The zero-order valence-corrected chi connectivity index (χ0v) is 18.1. The first-order chi connectivity index (χ1) is 13.7. The Kier molecular flexibility index (Phi) is 5.20. The average Bonchev–Trinajstić information content (AvgIpc) is 3.16. The van der Waals surface area contributed by atoms with E-state index in [9.17, 15) is 8.78 Å². The molecule has 1 fully saturated rings. The molecule has 1 aliphatic carbocycles. The molecule has 0 saturated heterocycles. The minimum absolute atomic E-state index is 0.0734. The molecule has 7 heteroatoms. The van der Waals surface area contributed by atoms with Crippen LogP contribution in [0.2, 0.25) is 0 Å². The van der Waals surface area contributed by atoms with E-state index in [1.54, 1.807) is 24.5 Å². The molecule has 2 N–H and O–H groups in total. The van der Waals surface area contributed by atoms with E-state index in [2.05, 4.69) is 35.2 Å². The van der Waals surface area contributed by atoms with E-state index in [1.165, 1.54) is 11.8 Å². The van der Waals surface area contributed by atoms with Gasteiger partial charge in [0.15, 0.2) is 5.17 Å². The summed E-state index contributed by atoms with van der Waals surface area (Å²) in [5.74, 6) is 3.37. The Balaban J connectivity index is 1.63. The van der Waals surface area contributed by atoms with Crippen molar-refractivity contribution in [2.75, 3.05) is 0 Å². The maximum atomic E-state index is 13.7. The van der Waals surface area contributed by atoms with Gasteiger partial charge in [-0.1, -0.05) is 17.7 Å². The van der Waals surface area contributed by atoms with Gasteiger partial charge in [-0.15, -0.1) is 17.3 Å². The second-order valence-corrected chi connectivity index (χ2v) is 10.5. The summed E-state index contributed by atoms with van der Waals surface area (Å²) in [6, 6.07) is 4.15. The highest BCUT2D eigenvalue weighted by Gasteiger charge is 2.50. The number of amidine groups is 1. The molecule has 3 heterocycles. The van der Waals surface area contributed by atoms with E-state index in [4.69, 9.17) is 10.7 Å². The van der Waals surface area contributed by atoms with Crippen molar-refractivity contribution in [1.29, 1.82) is 0 Å². The molecule has 1 atom stereocenters. The third-order valence-electron chi connectivity index (χ3n) is 5.71. The van der Waals surface area contributed by atoms with E-state index in [0.717, 1.165) is 28.0 Å². The fourth-order valence-electron chi connectivity index (χ4n) is 4.26. The summed E-state index contributed by atoms with van der Waals surface area (Å²) in [6.45, 7) is 3.87. The molecular weight excluding hydrogens is 408 g/mol. The van der Waals surface area contributed by atoms with E-state index >= 15 is 0 Å². The second-order valence-electron chi connectivity index (χ2n) is 8.08. The van der Waals surface area contributed by atoms with Crippen LogP contribution in [0.3, 0.4) is 0 Å². The first kappa shape index (κ1) is 20.4. The van der Waals surface area contributed by atoms with Crippen LogP contribution in [0, 0.1) is 11.8 Å². The van der Waals surface area contributed by atoms with Crippen molar-refractivity contribution in [2.45, 2.75) is 62.2 Å². The highest BCUT2D eigenvalue weighted by Crippen LogP contribution is 2.55.